The molecule has 46 heavy (non-hydrogen) atoms. The topological polar surface area (TPSA) is 126 Å². The van der Waals surface area contributed by atoms with Crippen LogP contribution in [0.1, 0.15) is 103 Å². The Hall–Kier alpha value is -2.31. The first-order valence-corrected chi connectivity index (χ1v) is 18.6. The van der Waals surface area contributed by atoms with Crippen LogP contribution in [0.25, 0.3) is 0 Å². The molecule has 3 N–H and O–H groups in total. The Labute approximate surface area is 278 Å². The highest BCUT2D eigenvalue weighted by atomic mass is 35.5. The molecule has 252 valence electrons. The van der Waals surface area contributed by atoms with E-state index < -0.39 is 29.0 Å². The number of nitrogens with zero attached hydrogens (tertiary/aromatic N) is 3. The quantitative estimate of drug-likeness (QED) is 0.337. The molecule has 6 aliphatic carbocycles. The van der Waals surface area contributed by atoms with Gasteiger partial charge in [-0.05, 0) is 100 Å². The van der Waals surface area contributed by atoms with Gasteiger partial charge in [-0.2, -0.15) is 5.26 Å². The van der Waals surface area contributed by atoms with Gasteiger partial charge in [-0.3, -0.25) is 14.4 Å². The molecule has 2 heterocycles. The number of halogens is 1. The van der Waals surface area contributed by atoms with Crippen LogP contribution in [0, 0.1) is 45.8 Å². The third-order valence-electron chi connectivity index (χ3n) is 13.1. The van der Waals surface area contributed by atoms with Crippen molar-refractivity contribution in [2.24, 2.45) is 34.5 Å². The van der Waals surface area contributed by atoms with Crippen LogP contribution in [0.15, 0.2) is 11.8 Å². The summed E-state index contributed by atoms with van der Waals surface area (Å²) in [6.45, 7) is 0.671. The zero-order valence-electron chi connectivity index (χ0n) is 27.4. The molecule has 0 spiro atoms. The summed E-state index contributed by atoms with van der Waals surface area (Å²) in [5.74, 6) is 0.771. The van der Waals surface area contributed by atoms with E-state index in [2.05, 4.69) is 22.9 Å². The van der Waals surface area contributed by atoms with Gasteiger partial charge in [-0.25, -0.2) is 0 Å². The van der Waals surface area contributed by atoms with Crippen molar-refractivity contribution in [2.45, 2.75) is 132 Å². The van der Waals surface area contributed by atoms with Gasteiger partial charge in [-0.1, -0.05) is 25.7 Å². The molecule has 9 nitrogen and oxygen atoms in total. The molecular weight excluding hydrogens is 602 g/mol. The fourth-order valence-corrected chi connectivity index (χ4v) is 11.7. The van der Waals surface area contributed by atoms with E-state index >= 15 is 0 Å². The summed E-state index contributed by atoms with van der Waals surface area (Å²) in [5.41, 5.74) is 0.101. The van der Waals surface area contributed by atoms with Gasteiger partial charge in [-0.15, -0.1) is 11.6 Å². The van der Waals surface area contributed by atoms with Crippen LogP contribution in [-0.4, -0.2) is 82.4 Å². The third-order valence-corrected chi connectivity index (χ3v) is 13.6. The summed E-state index contributed by atoms with van der Waals surface area (Å²) in [5, 5.41) is 27.7. The SMILES string of the molecule is CN(CC1CCCCC1Cl)C(=O)C(CC1=CNC2CCCCC12)NC(=O)C1CC(O)CN1C(=O)C12CC3CC(CC(C#N)(C3)C1)C2. The van der Waals surface area contributed by atoms with Gasteiger partial charge in [0.15, 0.2) is 0 Å². The minimum atomic E-state index is -0.835. The third kappa shape index (κ3) is 5.95. The van der Waals surface area contributed by atoms with Crippen LogP contribution in [0.5, 0.6) is 0 Å². The number of amides is 3. The van der Waals surface area contributed by atoms with Gasteiger partial charge >= 0.3 is 0 Å². The van der Waals surface area contributed by atoms with Gasteiger partial charge in [0.25, 0.3) is 0 Å². The molecule has 3 amide bonds. The molecule has 4 bridgehead atoms. The van der Waals surface area contributed by atoms with Crippen LogP contribution in [-0.2, 0) is 14.4 Å². The lowest BCUT2D eigenvalue weighted by Gasteiger charge is -2.59. The molecule has 9 unspecified atom stereocenters. The second kappa shape index (κ2) is 12.6. The maximum absolute atomic E-state index is 14.5. The molecule has 8 aliphatic rings. The molecule has 0 aromatic heterocycles. The van der Waals surface area contributed by atoms with Gasteiger partial charge in [0.1, 0.15) is 12.1 Å². The number of aliphatic hydroxyl groups excluding tert-OH is 1. The van der Waals surface area contributed by atoms with E-state index in [1.165, 1.54) is 12.0 Å². The van der Waals surface area contributed by atoms with Crippen molar-refractivity contribution in [1.82, 2.24) is 20.4 Å². The number of likely N-dealkylation sites (tertiary alicyclic amines) is 1. The standard InChI is InChI=1S/C36H52ClN5O4/c1-41(18-24-6-2-4-8-28(24)37)33(45)30(11-25-17-39-29-9-5-3-7-27(25)29)40-32(44)31-12-26(43)19-42(31)34(46)36-15-22-10-23(16-36)14-35(13-22,20-36)21-38/h17,22-24,26-31,39,43H,2-16,18-20H2,1H3,(H,40,44). The Bertz CT molecular complexity index is 1280. The number of carbonyl (C=O) groups is 3. The van der Waals surface area contributed by atoms with E-state index in [9.17, 15) is 24.8 Å². The maximum Gasteiger partial charge on any atom is 0.245 e. The number of carbonyl (C=O) groups excluding carboxylic acids is 3. The van der Waals surface area contributed by atoms with Crippen molar-refractivity contribution in [2.75, 3.05) is 20.1 Å². The smallest absolute Gasteiger partial charge is 0.245 e. The molecule has 0 aromatic rings. The number of likely N-dealkylation sites (N-methyl/N-ethyl adjacent to an activating group) is 1. The first-order valence-electron chi connectivity index (χ1n) is 18.1. The Morgan fingerprint density at radius 2 is 1.83 bits per heavy atom. The van der Waals surface area contributed by atoms with E-state index in [0.29, 0.717) is 43.2 Å². The molecule has 1 saturated heterocycles. The van der Waals surface area contributed by atoms with E-state index in [1.54, 1.807) is 9.80 Å². The molecule has 7 fully saturated rings. The average Bonchev–Trinajstić information content (AvgIpc) is 3.63. The molecule has 0 aromatic carbocycles. The molecule has 0 radical (unpaired) electrons. The summed E-state index contributed by atoms with van der Waals surface area (Å²) < 4.78 is 0. The Morgan fingerprint density at radius 1 is 1.11 bits per heavy atom. The van der Waals surface area contributed by atoms with Crippen molar-refractivity contribution in [1.29, 1.82) is 5.26 Å². The number of fused-ring (bicyclic) bond motifs is 1. The van der Waals surface area contributed by atoms with Crippen LogP contribution in [0.2, 0.25) is 0 Å². The minimum Gasteiger partial charge on any atom is -0.391 e. The summed E-state index contributed by atoms with van der Waals surface area (Å²) in [6, 6.07) is 1.39. The van der Waals surface area contributed by atoms with Gasteiger partial charge in [0.05, 0.1) is 23.0 Å². The first kappa shape index (κ1) is 32.2. The normalized spacial score (nSPS) is 41.6. The number of alkyl halides is 1. The van der Waals surface area contributed by atoms with Crippen molar-refractivity contribution in [3.63, 3.8) is 0 Å². The molecule has 9 atom stereocenters. The minimum absolute atomic E-state index is 0.0473. The van der Waals surface area contributed by atoms with Crippen molar-refractivity contribution in [3.05, 3.63) is 11.8 Å². The Balaban J connectivity index is 1.09. The molecule has 10 heteroatoms. The first-order chi connectivity index (χ1) is 22.1. The zero-order valence-corrected chi connectivity index (χ0v) is 28.1. The molecule has 2 aliphatic heterocycles. The highest BCUT2D eigenvalue weighted by Gasteiger charge is 2.62. The van der Waals surface area contributed by atoms with Crippen molar-refractivity contribution >= 4 is 29.3 Å². The highest BCUT2D eigenvalue weighted by Crippen LogP contribution is 2.65. The van der Waals surface area contributed by atoms with Crippen molar-refractivity contribution < 1.29 is 19.5 Å². The van der Waals surface area contributed by atoms with Crippen LogP contribution < -0.4 is 10.6 Å². The van der Waals surface area contributed by atoms with E-state index in [0.717, 1.165) is 77.0 Å². The number of β-amino-alcohol motifs (C(OH)–C–C–N with tert-alkyl or cyclic N) is 1. The second-order valence-electron chi connectivity index (χ2n) is 16.4. The number of hydrogen-bond donors (Lipinski definition) is 3. The summed E-state index contributed by atoms with van der Waals surface area (Å²) >= 11 is 6.68. The lowest BCUT2D eigenvalue weighted by Crippen LogP contribution is -2.60. The number of rotatable bonds is 8. The molecular formula is C36H52ClN5O4. The van der Waals surface area contributed by atoms with Crippen LogP contribution in [0.4, 0.5) is 0 Å². The largest absolute Gasteiger partial charge is 0.391 e. The zero-order chi connectivity index (χ0) is 32.2. The Morgan fingerprint density at radius 3 is 2.57 bits per heavy atom. The van der Waals surface area contributed by atoms with Gasteiger partial charge in [0.2, 0.25) is 17.7 Å². The number of hydrogen-bond acceptors (Lipinski definition) is 6. The summed E-state index contributed by atoms with van der Waals surface area (Å²) in [7, 11) is 1.82. The van der Waals surface area contributed by atoms with Gasteiger partial charge in [0, 0.05) is 43.9 Å². The fraction of sp³-hybridized carbons (Fsp3) is 0.833. The summed E-state index contributed by atoms with van der Waals surface area (Å²) in [4.78, 5) is 46.2. The van der Waals surface area contributed by atoms with Crippen LogP contribution in [0.3, 0.4) is 0 Å². The molecule has 6 saturated carbocycles. The number of nitrogens with one attached hydrogen (secondary N) is 2. The number of nitriles is 1. The maximum atomic E-state index is 14.5. The average molecular weight is 654 g/mol. The Kier molecular flexibility index (Phi) is 8.84. The van der Waals surface area contributed by atoms with Gasteiger partial charge < -0.3 is 25.5 Å². The second-order valence-corrected chi connectivity index (χ2v) is 17.0. The predicted octanol–water partition coefficient (Wildman–Crippen LogP) is 4.24. The summed E-state index contributed by atoms with van der Waals surface area (Å²) in [6.07, 6.45) is 15.5. The van der Waals surface area contributed by atoms with Crippen molar-refractivity contribution in [3.8, 4) is 6.07 Å². The van der Waals surface area contributed by atoms with Crippen LogP contribution >= 0.6 is 11.6 Å². The monoisotopic (exact) mass is 653 g/mol. The molecule has 8 rings (SSSR count). The fourth-order valence-electron chi connectivity index (χ4n) is 11.3. The number of aliphatic hydroxyl groups is 1. The lowest BCUT2D eigenvalue weighted by molar-refractivity contribution is -0.165. The van der Waals surface area contributed by atoms with E-state index in [1.807, 2.05) is 7.05 Å². The van der Waals surface area contributed by atoms with E-state index in [-0.39, 0.29) is 42.0 Å². The van der Waals surface area contributed by atoms with E-state index in [4.69, 9.17) is 11.6 Å². The lowest BCUT2D eigenvalue weighted by atomic mass is 9.44. The predicted molar refractivity (Wildman–Crippen MR) is 174 cm³/mol. The highest BCUT2D eigenvalue weighted by molar-refractivity contribution is 6.20.